The van der Waals surface area contributed by atoms with Gasteiger partial charge in [0.2, 0.25) is 0 Å². The summed E-state index contributed by atoms with van der Waals surface area (Å²) in [4.78, 5) is 2.49. The molecule has 0 spiro atoms. The van der Waals surface area contributed by atoms with Crippen LogP contribution < -0.4 is 0 Å². The predicted molar refractivity (Wildman–Crippen MR) is 77.3 cm³/mol. The Hall–Kier alpha value is -0.900. The van der Waals surface area contributed by atoms with E-state index in [4.69, 9.17) is 9.84 Å². The van der Waals surface area contributed by atoms with Gasteiger partial charge in [0.1, 0.15) is 0 Å². The van der Waals surface area contributed by atoms with Crippen molar-refractivity contribution in [3.8, 4) is 0 Å². The fourth-order valence-corrected chi connectivity index (χ4v) is 2.87. The minimum atomic E-state index is 0.128. The van der Waals surface area contributed by atoms with E-state index in [2.05, 4.69) is 36.9 Å². The Morgan fingerprint density at radius 1 is 1.16 bits per heavy atom. The molecular formula is C16H25NO2. The zero-order valence-corrected chi connectivity index (χ0v) is 12.1. The van der Waals surface area contributed by atoms with Crippen molar-refractivity contribution in [3.05, 3.63) is 34.9 Å². The van der Waals surface area contributed by atoms with Gasteiger partial charge in [-0.2, -0.15) is 0 Å². The molecule has 2 rings (SSSR count). The molecule has 0 unspecified atom stereocenters. The lowest BCUT2D eigenvalue weighted by Gasteiger charge is -2.32. The quantitative estimate of drug-likeness (QED) is 0.884. The first-order valence-electron chi connectivity index (χ1n) is 7.19. The van der Waals surface area contributed by atoms with Crippen LogP contribution in [0.3, 0.4) is 0 Å². The summed E-state index contributed by atoms with van der Waals surface area (Å²) < 4.78 is 5.59. The Balaban J connectivity index is 1.82. The molecular weight excluding hydrogens is 238 g/mol. The highest BCUT2D eigenvalue weighted by molar-refractivity contribution is 5.28. The number of aliphatic hydroxyl groups excluding tert-OH is 1. The fraction of sp³-hybridized carbons (Fsp3) is 0.625. The van der Waals surface area contributed by atoms with Gasteiger partial charge in [-0.3, -0.25) is 4.90 Å². The molecule has 1 aliphatic heterocycles. The number of hydrogen-bond donors (Lipinski definition) is 1. The second-order valence-corrected chi connectivity index (χ2v) is 5.57. The van der Waals surface area contributed by atoms with E-state index in [1.54, 1.807) is 0 Å². The molecule has 1 aliphatic rings. The van der Waals surface area contributed by atoms with E-state index in [1.807, 2.05) is 0 Å². The minimum absolute atomic E-state index is 0.128. The van der Waals surface area contributed by atoms with E-state index < -0.39 is 0 Å². The van der Waals surface area contributed by atoms with Crippen molar-refractivity contribution >= 4 is 0 Å². The number of rotatable bonds is 5. The van der Waals surface area contributed by atoms with Crippen LogP contribution in [0.1, 0.15) is 29.5 Å². The lowest BCUT2D eigenvalue weighted by Crippen LogP contribution is -2.36. The molecule has 0 radical (unpaired) electrons. The van der Waals surface area contributed by atoms with Crippen molar-refractivity contribution < 1.29 is 9.84 Å². The molecule has 1 aromatic carbocycles. The maximum Gasteiger partial charge on any atom is 0.0701 e. The van der Waals surface area contributed by atoms with Gasteiger partial charge in [-0.1, -0.05) is 29.3 Å². The van der Waals surface area contributed by atoms with Gasteiger partial charge in [-0.15, -0.1) is 0 Å². The van der Waals surface area contributed by atoms with Crippen LogP contribution in [0.15, 0.2) is 18.2 Å². The van der Waals surface area contributed by atoms with Crippen LogP contribution in [0.25, 0.3) is 0 Å². The first kappa shape index (κ1) is 14.5. The van der Waals surface area contributed by atoms with Crippen molar-refractivity contribution in [3.63, 3.8) is 0 Å². The van der Waals surface area contributed by atoms with Gasteiger partial charge in [0.05, 0.1) is 19.3 Å². The van der Waals surface area contributed by atoms with Crippen LogP contribution in [0, 0.1) is 13.8 Å². The van der Waals surface area contributed by atoms with Crippen molar-refractivity contribution in [1.29, 1.82) is 0 Å². The van der Waals surface area contributed by atoms with Gasteiger partial charge in [0.25, 0.3) is 0 Å². The van der Waals surface area contributed by atoms with Crippen molar-refractivity contribution in [2.24, 2.45) is 0 Å². The zero-order valence-electron chi connectivity index (χ0n) is 12.1. The molecule has 1 N–H and O–H groups in total. The average Bonchev–Trinajstić information content (AvgIpc) is 2.37. The maximum atomic E-state index is 8.76. The highest BCUT2D eigenvalue weighted by Gasteiger charge is 2.19. The summed E-state index contributed by atoms with van der Waals surface area (Å²) in [7, 11) is 0. The number of aryl methyl sites for hydroxylation is 2. The molecule has 0 atom stereocenters. The smallest absolute Gasteiger partial charge is 0.0701 e. The van der Waals surface area contributed by atoms with E-state index in [0.29, 0.717) is 12.7 Å². The Kier molecular flexibility index (Phi) is 5.37. The topological polar surface area (TPSA) is 32.7 Å². The molecule has 3 nitrogen and oxygen atoms in total. The predicted octanol–water partition coefficient (Wildman–Crippen LogP) is 2.28. The zero-order chi connectivity index (χ0) is 13.7. The second-order valence-electron chi connectivity index (χ2n) is 5.57. The second kappa shape index (κ2) is 7.04. The highest BCUT2D eigenvalue weighted by Crippen LogP contribution is 2.17. The van der Waals surface area contributed by atoms with E-state index in [0.717, 1.165) is 32.5 Å². The minimum Gasteiger partial charge on any atom is -0.394 e. The van der Waals surface area contributed by atoms with Crippen LogP contribution in [0.4, 0.5) is 0 Å². The summed E-state index contributed by atoms with van der Waals surface area (Å²) in [6, 6.07) is 6.78. The first-order valence-corrected chi connectivity index (χ1v) is 7.19. The third-order valence-corrected chi connectivity index (χ3v) is 3.67. The number of hydrogen-bond acceptors (Lipinski definition) is 3. The van der Waals surface area contributed by atoms with Crippen LogP contribution in [0.2, 0.25) is 0 Å². The average molecular weight is 263 g/mol. The van der Waals surface area contributed by atoms with Crippen LogP contribution in [-0.4, -0.2) is 42.4 Å². The standard InChI is InChI=1S/C16H25NO2/c1-13-9-14(2)11-15(10-13)12-17-5-3-16(4-6-17)19-8-7-18/h9-11,16,18H,3-8,12H2,1-2H3. The lowest BCUT2D eigenvalue weighted by molar-refractivity contribution is -0.00901. The maximum absolute atomic E-state index is 8.76. The molecule has 0 aromatic heterocycles. The Morgan fingerprint density at radius 2 is 1.79 bits per heavy atom. The molecule has 106 valence electrons. The fourth-order valence-electron chi connectivity index (χ4n) is 2.87. The highest BCUT2D eigenvalue weighted by atomic mass is 16.5. The van der Waals surface area contributed by atoms with Crippen LogP contribution >= 0.6 is 0 Å². The number of piperidine rings is 1. The van der Waals surface area contributed by atoms with Gasteiger partial charge >= 0.3 is 0 Å². The van der Waals surface area contributed by atoms with Gasteiger partial charge in [-0.25, -0.2) is 0 Å². The van der Waals surface area contributed by atoms with Gasteiger partial charge in [-0.05, 0) is 32.3 Å². The Morgan fingerprint density at radius 3 is 2.37 bits per heavy atom. The van der Waals surface area contributed by atoms with Crippen molar-refractivity contribution in [1.82, 2.24) is 4.90 Å². The molecule has 0 amide bonds. The van der Waals surface area contributed by atoms with Gasteiger partial charge in [0, 0.05) is 19.6 Å². The van der Waals surface area contributed by atoms with E-state index in [1.165, 1.54) is 16.7 Å². The van der Waals surface area contributed by atoms with E-state index in [-0.39, 0.29) is 6.61 Å². The molecule has 1 saturated heterocycles. The third-order valence-electron chi connectivity index (χ3n) is 3.67. The molecule has 1 aromatic rings. The SMILES string of the molecule is Cc1cc(C)cc(CN2CCC(OCCO)CC2)c1. The summed E-state index contributed by atoms with van der Waals surface area (Å²) in [5.74, 6) is 0. The first-order chi connectivity index (χ1) is 9.17. The largest absolute Gasteiger partial charge is 0.394 e. The third kappa shape index (κ3) is 4.60. The summed E-state index contributed by atoms with van der Waals surface area (Å²) >= 11 is 0. The summed E-state index contributed by atoms with van der Waals surface area (Å²) in [5.41, 5.74) is 4.10. The van der Waals surface area contributed by atoms with Crippen LogP contribution in [-0.2, 0) is 11.3 Å². The lowest BCUT2D eigenvalue weighted by atomic mass is 10.0. The van der Waals surface area contributed by atoms with Crippen molar-refractivity contribution in [2.75, 3.05) is 26.3 Å². The molecule has 1 heterocycles. The summed E-state index contributed by atoms with van der Waals surface area (Å²) in [6.45, 7) is 8.13. The van der Waals surface area contributed by atoms with Crippen molar-refractivity contribution in [2.45, 2.75) is 39.3 Å². The normalized spacial score (nSPS) is 17.8. The van der Waals surface area contributed by atoms with Gasteiger partial charge in [0.15, 0.2) is 0 Å². The summed E-state index contributed by atoms with van der Waals surface area (Å²) in [5, 5.41) is 8.76. The number of nitrogens with zero attached hydrogens (tertiary/aromatic N) is 1. The molecule has 1 fully saturated rings. The van der Waals surface area contributed by atoms with Crippen LogP contribution in [0.5, 0.6) is 0 Å². The van der Waals surface area contributed by atoms with E-state index >= 15 is 0 Å². The molecule has 0 aliphatic carbocycles. The molecule has 19 heavy (non-hydrogen) atoms. The molecule has 0 bridgehead atoms. The monoisotopic (exact) mass is 263 g/mol. The number of benzene rings is 1. The van der Waals surface area contributed by atoms with Gasteiger partial charge < -0.3 is 9.84 Å². The summed E-state index contributed by atoms with van der Waals surface area (Å²) in [6.07, 6.45) is 2.48. The number of aliphatic hydroxyl groups is 1. The Bertz CT molecular complexity index is 377. The number of ether oxygens (including phenoxy) is 1. The van der Waals surface area contributed by atoms with E-state index in [9.17, 15) is 0 Å². The molecule has 0 saturated carbocycles. The Labute approximate surface area is 116 Å². The number of likely N-dealkylation sites (tertiary alicyclic amines) is 1. The molecule has 3 heteroatoms.